The van der Waals surface area contributed by atoms with E-state index in [0.717, 1.165) is 22.3 Å². The number of hydrogen-bond acceptors (Lipinski definition) is 5. The molecule has 0 aliphatic heterocycles. The van der Waals surface area contributed by atoms with Gasteiger partial charge < -0.3 is 4.74 Å². The van der Waals surface area contributed by atoms with Gasteiger partial charge in [-0.3, -0.25) is 9.63 Å². The monoisotopic (exact) mass is 507 g/mol. The largest absolute Gasteiger partial charge is 0.459 e. The number of carbonyl (C=O) groups is 1. The fourth-order valence-electron chi connectivity index (χ4n) is 3.37. The van der Waals surface area contributed by atoms with Crippen LogP contribution in [0.3, 0.4) is 0 Å². The molecule has 0 aliphatic rings. The van der Waals surface area contributed by atoms with Gasteiger partial charge in [-0.05, 0) is 69.0 Å². The molecule has 3 aromatic carbocycles. The molecule has 3 aromatic rings. The smallest absolute Gasteiger partial charge is 0.324 e. The minimum absolute atomic E-state index is 0.0241. The zero-order valence-electron chi connectivity index (χ0n) is 21.3. The van der Waals surface area contributed by atoms with E-state index in [-0.39, 0.29) is 4.90 Å². The summed E-state index contributed by atoms with van der Waals surface area (Å²) in [6.07, 6.45) is 3.43. The Bertz CT molecular complexity index is 1270. The van der Waals surface area contributed by atoms with Crippen molar-refractivity contribution < 1.29 is 22.8 Å². The average Bonchev–Trinajstić information content (AvgIpc) is 2.82. The number of sulfonamides is 1. The molecular weight excluding hydrogens is 474 g/mol. The lowest BCUT2D eigenvalue weighted by molar-refractivity contribution is -0.170. The molecule has 0 N–H and O–H groups in total. The molecule has 36 heavy (non-hydrogen) atoms. The second-order valence-electron chi connectivity index (χ2n) is 9.60. The summed E-state index contributed by atoms with van der Waals surface area (Å²) in [7, 11) is -4.08. The van der Waals surface area contributed by atoms with Gasteiger partial charge in [0.1, 0.15) is 12.1 Å². The Morgan fingerprint density at radius 2 is 1.33 bits per heavy atom. The van der Waals surface area contributed by atoms with Gasteiger partial charge in [0.05, 0.1) is 11.0 Å². The van der Waals surface area contributed by atoms with Crippen LogP contribution in [-0.2, 0) is 24.4 Å². The van der Waals surface area contributed by atoms with Crippen molar-refractivity contribution in [2.75, 3.05) is 6.54 Å². The van der Waals surface area contributed by atoms with Gasteiger partial charge in [0.25, 0.3) is 10.0 Å². The molecule has 0 atom stereocenters. The molecule has 0 saturated heterocycles. The van der Waals surface area contributed by atoms with Gasteiger partial charge in [-0.1, -0.05) is 83.4 Å². The van der Waals surface area contributed by atoms with E-state index in [1.165, 1.54) is 12.1 Å². The lowest BCUT2D eigenvalue weighted by Gasteiger charge is -2.25. The van der Waals surface area contributed by atoms with E-state index in [1.807, 2.05) is 42.5 Å². The summed E-state index contributed by atoms with van der Waals surface area (Å²) in [4.78, 5) is 17.8. The van der Waals surface area contributed by atoms with E-state index in [0.29, 0.717) is 4.47 Å². The number of nitrogens with zero attached hydrogens (tertiary/aromatic N) is 1. The topological polar surface area (TPSA) is 72.9 Å². The summed E-state index contributed by atoms with van der Waals surface area (Å²) in [6, 6.07) is 24.8. The van der Waals surface area contributed by atoms with Gasteiger partial charge in [0, 0.05) is 0 Å². The van der Waals surface area contributed by atoms with E-state index in [2.05, 4.69) is 24.3 Å². The quantitative estimate of drug-likeness (QED) is 0.196. The lowest BCUT2D eigenvalue weighted by atomic mass is 10.0. The average molecular weight is 508 g/mol. The van der Waals surface area contributed by atoms with Gasteiger partial charge >= 0.3 is 5.97 Å². The third-order valence-electron chi connectivity index (χ3n) is 4.94. The van der Waals surface area contributed by atoms with Crippen molar-refractivity contribution in [1.29, 1.82) is 0 Å². The van der Waals surface area contributed by atoms with E-state index in [1.54, 1.807) is 46.8 Å². The number of hydroxylamine groups is 1. The molecule has 0 unspecified atom stereocenters. The summed E-state index contributed by atoms with van der Waals surface area (Å²) in [5.41, 5.74) is 3.43. The highest BCUT2D eigenvalue weighted by atomic mass is 32.2. The predicted octanol–water partition coefficient (Wildman–Crippen LogP) is 6.20. The van der Waals surface area contributed by atoms with Crippen LogP contribution < -0.4 is 0 Å². The predicted molar refractivity (Wildman–Crippen MR) is 143 cm³/mol. The van der Waals surface area contributed by atoms with Gasteiger partial charge in [-0.2, -0.15) is 0 Å². The normalized spacial score (nSPS) is 12.4. The fraction of sp³-hybridized carbons (Fsp3) is 0.276. The van der Waals surface area contributed by atoms with Gasteiger partial charge in [0.2, 0.25) is 0 Å². The maximum absolute atomic E-state index is 13.2. The molecule has 0 aliphatic carbocycles. The summed E-state index contributed by atoms with van der Waals surface area (Å²) in [5.74, 6) is -0.690. The van der Waals surface area contributed by atoms with E-state index in [4.69, 9.17) is 9.57 Å². The summed E-state index contributed by atoms with van der Waals surface area (Å²) >= 11 is 0. The van der Waals surface area contributed by atoms with Crippen molar-refractivity contribution in [1.82, 2.24) is 4.47 Å². The first kappa shape index (κ1) is 27.3. The fourth-order valence-corrected chi connectivity index (χ4v) is 4.65. The van der Waals surface area contributed by atoms with Crippen LogP contribution in [0.15, 0.2) is 83.8 Å². The second-order valence-corrected chi connectivity index (χ2v) is 11.4. The minimum atomic E-state index is -4.08. The Morgan fingerprint density at radius 1 is 0.833 bits per heavy atom. The first-order valence-corrected chi connectivity index (χ1v) is 13.2. The van der Waals surface area contributed by atoms with E-state index >= 15 is 0 Å². The molecule has 7 heteroatoms. The number of carbonyl (C=O) groups excluding carboxylic acids is 1. The molecule has 3 rings (SSSR count). The van der Waals surface area contributed by atoms with Crippen LogP contribution >= 0.6 is 0 Å². The summed E-state index contributed by atoms with van der Waals surface area (Å²) in [6.45, 7) is 8.00. The first-order valence-electron chi connectivity index (χ1n) is 11.8. The molecule has 0 heterocycles. The van der Waals surface area contributed by atoms with Crippen LogP contribution in [0.1, 0.15) is 45.7 Å². The Balaban J connectivity index is 1.72. The number of rotatable bonds is 9. The van der Waals surface area contributed by atoms with Gasteiger partial charge in [-0.25, -0.2) is 8.42 Å². The second kappa shape index (κ2) is 11.6. The van der Waals surface area contributed by atoms with E-state index in [9.17, 15) is 13.2 Å². The zero-order valence-corrected chi connectivity index (χ0v) is 22.2. The highest BCUT2D eigenvalue weighted by molar-refractivity contribution is 7.89. The van der Waals surface area contributed by atoms with Gasteiger partial charge in [-0.15, -0.1) is 0 Å². The molecule has 0 aromatic heterocycles. The van der Waals surface area contributed by atoms with Crippen molar-refractivity contribution in [3.63, 3.8) is 0 Å². The maximum atomic E-state index is 13.2. The SMILES string of the molecule is CC(C)ON(CC(=O)OC(C)(C)C)S(=O)(=O)c1ccc(/C=C/c2ccc(-c3ccccc3)cc2)cc1. The van der Waals surface area contributed by atoms with Crippen molar-refractivity contribution in [3.05, 3.63) is 90.0 Å². The molecule has 6 nitrogen and oxygen atoms in total. The zero-order chi connectivity index (χ0) is 26.3. The van der Waals surface area contributed by atoms with Crippen molar-refractivity contribution >= 4 is 28.1 Å². The maximum Gasteiger partial charge on any atom is 0.324 e. The van der Waals surface area contributed by atoms with E-state index < -0.39 is 34.2 Å². The molecule has 0 saturated carbocycles. The molecule has 0 radical (unpaired) electrons. The minimum Gasteiger partial charge on any atom is -0.459 e. The number of benzene rings is 3. The van der Waals surface area contributed by atoms with Crippen LogP contribution in [0.5, 0.6) is 0 Å². The molecule has 0 bridgehead atoms. The number of esters is 1. The van der Waals surface area contributed by atoms with Crippen LogP contribution in [0.2, 0.25) is 0 Å². The molecule has 0 fully saturated rings. The van der Waals surface area contributed by atoms with Crippen LogP contribution in [0.4, 0.5) is 0 Å². The van der Waals surface area contributed by atoms with Crippen LogP contribution in [0.25, 0.3) is 23.3 Å². The Labute approximate surface area is 214 Å². The van der Waals surface area contributed by atoms with Crippen molar-refractivity contribution in [2.24, 2.45) is 0 Å². The highest BCUT2D eigenvalue weighted by Gasteiger charge is 2.30. The van der Waals surface area contributed by atoms with Gasteiger partial charge in [0.15, 0.2) is 0 Å². The highest BCUT2D eigenvalue weighted by Crippen LogP contribution is 2.22. The van der Waals surface area contributed by atoms with Crippen molar-refractivity contribution in [3.8, 4) is 11.1 Å². The molecule has 190 valence electrons. The molecule has 0 spiro atoms. The Kier molecular flexibility index (Phi) is 8.84. The molecule has 0 amide bonds. The van der Waals surface area contributed by atoms with Crippen LogP contribution in [-0.4, -0.2) is 37.1 Å². The van der Waals surface area contributed by atoms with Crippen LogP contribution in [0, 0.1) is 0 Å². The standard InChI is InChI=1S/C29H33NO5S/c1-22(2)35-30(21-28(31)34-29(3,4)5)36(32,33)27-19-15-24(16-20-27)12-11-23-13-17-26(18-14-23)25-9-7-6-8-10-25/h6-20,22H,21H2,1-5H3/b12-11+. The third-order valence-corrected chi connectivity index (χ3v) is 6.56. The summed E-state index contributed by atoms with van der Waals surface area (Å²) in [5, 5.41) is 0. The first-order chi connectivity index (χ1) is 16.9. The van der Waals surface area contributed by atoms with Crippen molar-refractivity contribution in [2.45, 2.75) is 51.2 Å². The number of hydrogen-bond donors (Lipinski definition) is 0. The Hall–Kier alpha value is -3.26. The summed E-state index contributed by atoms with van der Waals surface area (Å²) < 4.78 is 32.3. The Morgan fingerprint density at radius 3 is 1.83 bits per heavy atom. The molecular formula is C29H33NO5S. The third kappa shape index (κ3) is 7.88. The number of ether oxygens (including phenoxy) is 1. The lowest BCUT2D eigenvalue weighted by Crippen LogP contribution is -2.40.